The van der Waals surface area contributed by atoms with Crippen LogP contribution in [-0.2, 0) is 4.79 Å². The summed E-state index contributed by atoms with van der Waals surface area (Å²) in [6.07, 6.45) is 0. The first-order valence-corrected chi connectivity index (χ1v) is 8.76. The molecule has 0 aromatic heterocycles. The van der Waals surface area contributed by atoms with Crippen molar-refractivity contribution in [2.75, 3.05) is 11.9 Å². The molecule has 4 nitrogen and oxygen atoms in total. The zero-order valence-corrected chi connectivity index (χ0v) is 16.5. The predicted molar refractivity (Wildman–Crippen MR) is 107 cm³/mol. The van der Waals surface area contributed by atoms with Crippen molar-refractivity contribution >= 4 is 63.7 Å². The van der Waals surface area contributed by atoms with Gasteiger partial charge in [0.2, 0.25) is 0 Å². The van der Waals surface area contributed by atoms with E-state index >= 15 is 0 Å². The number of ether oxygens (including phenoxy) is 1. The number of nitrogens with one attached hydrogen (secondary N) is 2. The van der Waals surface area contributed by atoms with Gasteiger partial charge in [0.05, 0.1) is 20.8 Å². The summed E-state index contributed by atoms with van der Waals surface area (Å²) in [5, 5.41) is 6.37. The lowest BCUT2D eigenvalue weighted by atomic mass is 10.1. The van der Waals surface area contributed by atoms with Gasteiger partial charge in [-0.1, -0.05) is 46.9 Å². The third kappa shape index (κ3) is 5.75. The molecule has 8 heteroatoms. The highest BCUT2D eigenvalue weighted by molar-refractivity contribution is 7.80. The number of amides is 1. The molecule has 2 aromatic rings. The maximum atomic E-state index is 12.0. The van der Waals surface area contributed by atoms with Gasteiger partial charge in [0.25, 0.3) is 5.91 Å². The average Bonchev–Trinajstić information content (AvgIpc) is 2.53. The molecule has 0 spiro atoms. The first-order chi connectivity index (χ1) is 11.8. The van der Waals surface area contributed by atoms with Crippen LogP contribution in [0.3, 0.4) is 0 Å². The van der Waals surface area contributed by atoms with Crippen molar-refractivity contribution in [2.45, 2.75) is 13.8 Å². The first-order valence-electron chi connectivity index (χ1n) is 7.21. The van der Waals surface area contributed by atoms with E-state index in [0.29, 0.717) is 26.5 Å². The number of hydrogen-bond acceptors (Lipinski definition) is 3. The van der Waals surface area contributed by atoms with E-state index in [1.54, 1.807) is 0 Å². The monoisotopic (exact) mass is 416 g/mol. The van der Waals surface area contributed by atoms with E-state index in [0.717, 1.165) is 11.1 Å². The Kier molecular flexibility index (Phi) is 6.90. The highest BCUT2D eigenvalue weighted by Crippen LogP contribution is 2.32. The molecule has 0 radical (unpaired) electrons. The molecule has 25 heavy (non-hydrogen) atoms. The van der Waals surface area contributed by atoms with E-state index in [1.165, 1.54) is 12.1 Å². The van der Waals surface area contributed by atoms with E-state index in [9.17, 15) is 4.79 Å². The minimum absolute atomic E-state index is 0.0786. The summed E-state index contributed by atoms with van der Waals surface area (Å²) in [4.78, 5) is 12.0. The van der Waals surface area contributed by atoms with E-state index in [4.69, 9.17) is 51.8 Å². The topological polar surface area (TPSA) is 50.4 Å². The summed E-state index contributed by atoms with van der Waals surface area (Å²) in [6, 6.07) is 8.79. The molecule has 0 unspecified atom stereocenters. The largest absolute Gasteiger partial charge is 0.483 e. The molecule has 1 amide bonds. The first kappa shape index (κ1) is 19.8. The zero-order chi connectivity index (χ0) is 18.6. The fourth-order valence-electron chi connectivity index (χ4n) is 1.94. The van der Waals surface area contributed by atoms with Crippen LogP contribution in [0.4, 0.5) is 5.69 Å². The van der Waals surface area contributed by atoms with E-state index in [-0.39, 0.29) is 11.7 Å². The summed E-state index contributed by atoms with van der Waals surface area (Å²) < 4.78 is 5.52. The second kappa shape index (κ2) is 8.72. The van der Waals surface area contributed by atoms with Gasteiger partial charge in [0.1, 0.15) is 5.75 Å². The fourth-order valence-corrected chi connectivity index (χ4v) is 2.76. The highest BCUT2D eigenvalue weighted by Gasteiger charge is 2.11. The highest BCUT2D eigenvalue weighted by atomic mass is 35.5. The summed E-state index contributed by atoms with van der Waals surface area (Å²) in [7, 11) is 0. The zero-order valence-electron chi connectivity index (χ0n) is 13.5. The smallest absolute Gasteiger partial charge is 0.264 e. The van der Waals surface area contributed by atoms with Gasteiger partial charge in [-0.25, -0.2) is 0 Å². The lowest BCUT2D eigenvalue weighted by Crippen LogP contribution is -2.37. The normalized spacial score (nSPS) is 10.3. The van der Waals surface area contributed by atoms with Crippen LogP contribution in [0.15, 0.2) is 30.3 Å². The Hall–Kier alpha value is -1.53. The van der Waals surface area contributed by atoms with Crippen molar-refractivity contribution in [3.8, 4) is 5.75 Å². The Morgan fingerprint density at radius 3 is 2.48 bits per heavy atom. The van der Waals surface area contributed by atoms with Gasteiger partial charge in [0.15, 0.2) is 11.7 Å². The van der Waals surface area contributed by atoms with Crippen molar-refractivity contribution in [1.82, 2.24) is 5.32 Å². The Labute approximate surface area is 166 Å². The van der Waals surface area contributed by atoms with Crippen LogP contribution in [0.25, 0.3) is 0 Å². The number of hydrogen-bond donors (Lipinski definition) is 2. The van der Waals surface area contributed by atoms with Crippen molar-refractivity contribution in [3.05, 3.63) is 56.5 Å². The summed E-state index contributed by atoms with van der Waals surface area (Å²) in [6.45, 7) is 3.69. The lowest BCUT2D eigenvalue weighted by Gasteiger charge is -2.13. The van der Waals surface area contributed by atoms with Crippen molar-refractivity contribution in [3.63, 3.8) is 0 Å². The van der Waals surface area contributed by atoms with E-state index in [2.05, 4.69) is 10.6 Å². The Balaban J connectivity index is 1.91. The van der Waals surface area contributed by atoms with Gasteiger partial charge < -0.3 is 10.1 Å². The minimum atomic E-state index is -0.394. The van der Waals surface area contributed by atoms with Gasteiger partial charge in [-0.05, 0) is 55.4 Å². The molecule has 0 aliphatic rings. The Bertz CT molecular complexity index is 828. The maximum absolute atomic E-state index is 12.0. The molecule has 2 rings (SSSR count). The number of carbonyl (C=O) groups excluding carboxylic acids is 1. The Morgan fingerprint density at radius 1 is 1.08 bits per heavy atom. The van der Waals surface area contributed by atoms with Crippen LogP contribution in [0.1, 0.15) is 11.1 Å². The van der Waals surface area contributed by atoms with Crippen LogP contribution in [0.2, 0.25) is 15.1 Å². The molecule has 132 valence electrons. The standard InChI is InChI=1S/C17H15Cl3N2O2S/c1-9-3-4-10(2)15(5-9)24-8-16(23)22-17(25)21-14-7-12(19)11(18)6-13(14)20/h3-7H,8H2,1-2H3,(H2,21,22,23,25). The third-order valence-electron chi connectivity index (χ3n) is 3.21. The van der Waals surface area contributed by atoms with Crippen molar-refractivity contribution in [2.24, 2.45) is 0 Å². The quantitative estimate of drug-likeness (QED) is 0.533. The van der Waals surface area contributed by atoms with Crippen molar-refractivity contribution in [1.29, 1.82) is 0 Å². The lowest BCUT2D eigenvalue weighted by molar-refractivity contribution is -0.121. The Morgan fingerprint density at radius 2 is 1.76 bits per heavy atom. The molecule has 0 saturated carbocycles. The second-order valence-electron chi connectivity index (χ2n) is 5.31. The average molecular weight is 418 g/mol. The second-order valence-corrected chi connectivity index (χ2v) is 6.94. The van der Waals surface area contributed by atoms with Crippen LogP contribution in [0, 0.1) is 13.8 Å². The molecule has 0 heterocycles. The molecular formula is C17H15Cl3N2O2S. The van der Waals surface area contributed by atoms with Gasteiger partial charge in [-0.3, -0.25) is 10.1 Å². The van der Waals surface area contributed by atoms with Crippen LogP contribution >= 0.6 is 47.0 Å². The summed E-state index contributed by atoms with van der Waals surface area (Å²) in [5.74, 6) is 0.260. The fraction of sp³-hybridized carbons (Fsp3) is 0.176. The number of thiocarbonyl (C=S) groups is 1. The van der Waals surface area contributed by atoms with Gasteiger partial charge in [-0.2, -0.15) is 0 Å². The number of anilines is 1. The minimum Gasteiger partial charge on any atom is -0.483 e. The molecule has 0 fully saturated rings. The van der Waals surface area contributed by atoms with Gasteiger partial charge >= 0.3 is 0 Å². The summed E-state index contributed by atoms with van der Waals surface area (Å²) >= 11 is 23.0. The molecule has 0 aliphatic heterocycles. The summed E-state index contributed by atoms with van der Waals surface area (Å²) in [5.41, 5.74) is 2.44. The molecule has 2 aromatic carbocycles. The molecular weight excluding hydrogens is 403 g/mol. The molecule has 0 saturated heterocycles. The number of benzene rings is 2. The molecule has 0 atom stereocenters. The van der Waals surface area contributed by atoms with Crippen molar-refractivity contribution < 1.29 is 9.53 Å². The number of rotatable bonds is 4. The van der Waals surface area contributed by atoms with Crippen LogP contribution in [0.5, 0.6) is 5.75 Å². The van der Waals surface area contributed by atoms with Crippen LogP contribution in [-0.4, -0.2) is 17.6 Å². The molecule has 0 aliphatic carbocycles. The van der Waals surface area contributed by atoms with E-state index < -0.39 is 5.91 Å². The number of aryl methyl sites for hydroxylation is 2. The molecule has 0 bridgehead atoms. The third-order valence-corrected chi connectivity index (χ3v) is 4.45. The van der Waals surface area contributed by atoms with Gasteiger partial charge in [-0.15, -0.1) is 0 Å². The number of carbonyl (C=O) groups is 1. The number of halogens is 3. The van der Waals surface area contributed by atoms with Gasteiger partial charge in [0, 0.05) is 0 Å². The predicted octanol–water partition coefficient (Wildman–Crippen LogP) is 5.16. The molecule has 2 N–H and O–H groups in total. The van der Waals surface area contributed by atoms with E-state index in [1.807, 2.05) is 32.0 Å². The maximum Gasteiger partial charge on any atom is 0.264 e. The van der Waals surface area contributed by atoms with Crippen LogP contribution < -0.4 is 15.4 Å². The SMILES string of the molecule is Cc1ccc(C)c(OCC(=O)NC(=S)Nc2cc(Cl)c(Cl)cc2Cl)c1.